The highest BCUT2D eigenvalue weighted by atomic mass is 16.1. The monoisotopic (exact) mass is 138 g/mol. The van der Waals surface area contributed by atoms with Crippen molar-refractivity contribution < 1.29 is 4.79 Å². The molecule has 1 unspecified atom stereocenters. The number of rotatable bonds is 3. The summed E-state index contributed by atoms with van der Waals surface area (Å²) in [6, 6.07) is 0. The Balaban J connectivity index is 2.47. The summed E-state index contributed by atoms with van der Waals surface area (Å²) < 4.78 is 1.89. The highest BCUT2D eigenvalue weighted by Gasteiger charge is 1.98. The maximum Gasteiger partial charge on any atom is 0.124 e. The van der Waals surface area contributed by atoms with E-state index in [9.17, 15) is 4.79 Å². The SMILES string of the molecule is CC(C=O)Cn1ccnc1. The van der Waals surface area contributed by atoms with Gasteiger partial charge in [-0.3, -0.25) is 0 Å². The first-order valence-electron chi connectivity index (χ1n) is 3.24. The van der Waals surface area contributed by atoms with Crippen LogP contribution in [0.25, 0.3) is 0 Å². The lowest BCUT2D eigenvalue weighted by Gasteiger charge is -2.02. The number of carbonyl (C=O) groups excluding carboxylic acids is 1. The Morgan fingerprint density at radius 2 is 2.60 bits per heavy atom. The smallest absolute Gasteiger partial charge is 0.124 e. The molecule has 10 heavy (non-hydrogen) atoms. The van der Waals surface area contributed by atoms with Crippen molar-refractivity contribution in [1.82, 2.24) is 9.55 Å². The quantitative estimate of drug-likeness (QED) is 0.577. The van der Waals surface area contributed by atoms with Crippen LogP contribution >= 0.6 is 0 Å². The van der Waals surface area contributed by atoms with Crippen molar-refractivity contribution in [2.24, 2.45) is 5.92 Å². The molecular weight excluding hydrogens is 128 g/mol. The molecule has 54 valence electrons. The van der Waals surface area contributed by atoms with Gasteiger partial charge in [0.05, 0.1) is 6.33 Å². The van der Waals surface area contributed by atoms with E-state index in [0.717, 1.165) is 12.8 Å². The summed E-state index contributed by atoms with van der Waals surface area (Å²) in [5.41, 5.74) is 0. The number of carbonyl (C=O) groups is 1. The molecule has 1 aromatic heterocycles. The van der Waals surface area contributed by atoms with Crippen molar-refractivity contribution >= 4 is 6.29 Å². The fourth-order valence-corrected chi connectivity index (χ4v) is 0.770. The van der Waals surface area contributed by atoms with Gasteiger partial charge < -0.3 is 9.36 Å². The van der Waals surface area contributed by atoms with Crippen LogP contribution in [-0.4, -0.2) is 15.8 Å². The number of nitrogens with zero attached hydrogens (tertiary/aromatic N) is 2. The van der Waals surface area contributed by atoms with E-state index in [-0.39, 0.29) is 5.92 Å². The lowest BCUT2D eigenvalue weighted by molar-refractivity contribution is -0.110. The van der Waals surface area contributed by atoms with Crippen molar-refractivity contribution in [3.63, 3.8) is 0 Å². The Morgan fingerprint density at radius 1 is 1.80 bits per heavy atom. The highest BCUT2D eigenvalue weighted by Crippen LogP contribution is 1.95. The van der Waals surface area contributed by atoms with Crippen LogP contribution in [-0.2, 0) is 11.3 Å². The third-order valence-electron chi connectivity index (χ3n) is 1.29. The number of hydrogen-bond donors (Lipinski definition) is 0. The molecule has 3 heteroatoms. The summed E-state index contributed by atoms with van der Waals surface area (Å²) in [6.45, 7) is 2.61. The van der Waals surface area contributed by atoms with Crippen molar-refractivity contribution in [3.05, 3.63) is 18.7 Å². The molecule has 0 aromatic carbocycles. The standard InChI is InChI=1S/C7H10N2O/c1-7(5-10)4-9-3-2-8-6-9/h2-3,5-7H,4H2,1H3. The molecule has 0 spiro atoms. The summed E-state index contributed by atoms with van der Waals surface area (Å²) in [4.78, 5) is 14.1. The summed E-state index contributed by atoms with van der Waals surface area (Å²) in [5.74, 6) is 0.0780. The molecule has 0 aliphatic rings. The maximum absolute atomic E-state index is 10.2. The summed E-state index contributed by atoms with van der Waals surface area (Å²) >= 11 is 0. The van der Waals surface area contributed by atoms with Gasteiger partial charge >= 0.3 is 0 Å². The van der Waals surface area contributed by atoms with Crippen LogP contribution in [0.5, 0.6) is 0 Å². The van der Waals surface area contributed by atoms with E-state index < -0.39 is 0 Å². The molecule has 0 aliphatic carbocycles. The van der Waals surface area contributed by atoms with Gasteiger partial charge in [-0.15, -0.1) is 0 Å². The van der Waals surface area contributed by atoms with Gasteiger partial charge in [0.25, 0.3) is 0 Å². The van der Waals surface area contributed by atoms with Crippen molar-refractivity contribution in [1.29, 1.82) is 0 Å². The second-order valence-electron chi connectivity index (χ2n) is 2.37. The molecule has 1 aromatic rings. The van der Waals surface area contributed by atoms with Gasteiger partial charge in [-0.05, 0) is 0 Å². The van der Waals surface area contributed by atoms with E-state index in [1.807, 2.05) is 17.7 Å². The zero-order chi connectivity index (χ0) is 7.40. The van der Waals surface area contributed by atoms with E-state index in [4.69, 9.17) is 0 Å². The summed E-state index contributed by atoms with van der Waals surface area (Å²) in [6.07, 6.45) is 6.21. The van der Waals surface area contributed by atoms with E-state index >= 15 is 0 Å². The van der Waals surface area contributed by atoms with Gasteiger partial charge in [0, 0.05) is 24.9 Å². The number of imidazole rings is 1. The van der Waals surface area contributed by atoms with Gasteiger partial charge in [0.2, 0.25) is 0 Å². The van der Waals surface area contributed by atoms with E-state index in [1.54, 1.807) is 12.5 Å². The predicted octanol–water partition coefficient (Wildman–Crippen LogP) is 0.718. The van der Waals surface area contributed by atoms with Gasteiger partial charge in [-0.1, -0.05) is 6.92 Å². The predicted molar refractivity (Wildman–Crippen MR) is 37.5 cm³/mol. The third kappa shape index (κ3) is 1.69. The minimum Gasteiger partial charge on any atom is -0.337 e. The minimum atomic E-state index is 0.0780. The molecule has 1 heterocycles. The first-order chi connectivity index (χ1) is 4.83. The molecule has 0 amide bonds. The van der Waals surface area contributed by atoms with E-state index in [1.165, 1.54) is 0 Å². The van der Waals surface area contributed by atoms with Crippen LogP contribution in [0.15, 0.2) is 18.7 Å². The van der Waals surface area contributed by atoms with Crippen molar-refractivity contribution in [3.8, 4) is 0 Å². The average Bonchev–Trinajstić information content (AvgIpc) is 2.40. The van der Waals surface area contributed by atoms with Crippen LogP contribution < -0.4 is 0 Å². The van der Waals surface area contributed by atoms with Crippen LogP contribution in [0.1, 0.15) is 6.92 Å². The molecule has 3 nitrogen and oxygen atoms in total. The van der Waals surface area contributed by atoms with Gasteiger partial charge in [-0.2, -0.15) is 0 Å². The third-order valence-corrected chi connectivity index (χ3v) is 1.29. The van der Waals surface area contributed by atoms with Crippen LogP contribution in [0.2, 0.25) is 0 Å². The number of hydrogen-bond acceptors (Lipinski definition) is 2. The Kier molecular flexibility index (Phi) is 2.20. The summed E-state index contributed by atoms with van der Waals surface area (Å²) in [5, 5.41) is 0. The van der Waals surface area contributed by atoms with Crippen LogP contribution in [0.3, 0.4) is 0 Å². The normalized spacial score (nSPS) is 12.9. The molecule has 0 saturated carbocycles. The lowest BCUT2D eigenvalue weighted by Crippen LogP contribution is -2.06. The minimum absolute atomic E-state index is 0.0780. The number of aromatic nitrogens is 2. The van der Waals surface area contributed by atoms with Crippen LogP contribution in [0.4, 0.5) is 0 Å². The van der Waals surface area contributed by atoms with E-state index in [0.29, 0.717) is 0 Å². The van der Waals surface area contributed by atoms with Gasteiger partial charge in [0.15, 0.2) is 0 Å². The maximum atomic E-state index is 10.2. The highest BCUT2D eigenvalue weighted by molar-refractivity contribution is 5.52. The Hall–Kier alpha value is -1.12. The molecule has 0 saturated heterocycles. The first-order valence-corrected chi connectivity index (χ1v) is 3.24. The molecule has 1 atom stereocenters. The lowest BCUT2D eigenvalue weighted by atomic mass is 10.2. The Morgan fingerprint density at radius 3 is 3.10 bits per heavy atom. The zero-order valence-corrected chi connectivity index (χ0v) is 5.90. The molecule has 1 rings (SSSR count). The zero-order valence-electron chi connectivity index (χ0n) is 5.90. The second kappa shape index (κ2) is 3.15. The Labute approximate surface area is 59.7 Å². The topological polar surface area (TPSA) is 34.9 Å². The molecule has 0 radical (unpaired) electrons. The number of aldehydes is 1. The first kappa shape index (κ1) is 6.99. The molecule has 0 N–H and O–H groups in total. The fourth-order valence-electron chi connectivity index (χ4n) is 0.770. The largest absolute Gasteiger partial charge is 0.337 e. The fraction of sp³-hybridized carbons (Fsp3) is 0.429. The molecule has 0 fully saturated rings. The Bertz CT molecular complexity index is 193. The average molecular weight is 138 g/mol. The second-order valence-corrected chi connectivity index (χ2v) is 2.37. The van der Waals surface area contributed by atoms with E-state index in [2.05, 4.69) is 4.98 Å². The molecule has 0 aliphatic heterocycles. The van der Waals surface area contributed by atoms with Gasteiger partial charge in [0.1, 0.15) is 6.29 Å². The van der Waals surface area contributed by atoms with Crippen molar-refractivity contribution in [2.45, 2.75) is 13.5 Å². The molecular formula is C7H10N2O. The van der Waals surface area contributed by atoms with Crippen molar-refractivity contribution in [2.75, 3.05) is 0 Å². The summed E-state index contributed by atoms with van der Waals surface area (Å²) in [7, 11) is 0. The van der Waals surface area contributed by atoms with Gasteiger partial charge in [-0.25, -0.2) is 4.98 Å². The van der Waals surface area contributed by atoms with Crippen LogP contribution in [0, 0.1) is 5.92 Å². The molecule has 0 bridgehead atoms.